The molecule has 0 bridgehead atoms. The lowest BCUT2D eigenvalue weighted by atomic mass is 10.1. The number of nitrogens with two attached hydrogens (primary N) is 1. The number of hydrogen-bond donors (Lipinski definition) is 2. The van der Waals surface area contributed by atoms with Crippen molar-refractivity contribution in [2.75, 3.05) is 19.6 Å². The summed E-state index contributed by atoms with van der Waals surface area (Å²) in [7, 11) is 0. The number of benzene rings is 1. The molecule has 1 aromatic rings. The van der Waals surface area contributed by atoms with Crippen molar-refractivity contribution in [2.45, 2.75) is 12.6 Å². The van der Waals surface area contributed by atoms with Crippen molar-refractivity contribution in [3.05, 3.63) is 35.1 Å². The highest BCUT2D eigenvalue weighted by Crippen LogP contribution is 2.14. The molecule has 2 rings (SSSR count). The van der Waals surface area contributed by atoms with E-state index in [2.05, 4.69) is 5.32 Å². The fourth-order valence-electron chi connectivity index (χ4n) is 2.26. The molecule has 0 spiro atoms. The zero-order valence-electron chi connectivity index (χ0n) is 10.4. The summed E-state index contributed by atoms with van der Waals surface area (Å²) in [4.78, 5) is 13.3. The second-order valence-electron chi connectivity index (χ2n) is 4.55. The second-order valence-corrected chi connectivity index (χ2v) is 4.55. The molecular formula is C13H15FN4O. The van der Waals surface area contributed by atoms with Gasteiger partial charge in [0.15, 0.2) is 0 Å². The first-order valence-corrected chi connectivity index (χ1v) is 6.04. The van der Waals surface area contributed by atoms with Gasteiger partial charge in [-0.05, 0) is 23.8 Å². The summed E-state index contributed by atoms with van der Waals surface area (Å²) >= 11 is 0. The molecular weight excluding hydrogens is 247 g/mol. The van der Waals surface area contributed by atoms with Gasteiger partial charge in [0, 0.05) is 26.2 Å². The van der Waals surface area contributed by atoms with E-state index in [4.69, 9.17) is 11.0 Å². The third kappa shape index (κ3) is 3.28. The van der Waals surface area contributed by atoms with Gasteiger partial charge in [0.2, 0.25) is 5.91 Å². The number of nitrogens with zero attached hydrogens (tertiary/aromatic N) is 2. The molecule has 19 heavy (non-hydrogen) atoms. The number of primary amides is 1. The van der Waals surface area contributed by atoms with Crippen molar-refractivity contribution in [1.29, 1.82) is 5.26 Å². The van der Waals surface area contributed by atoms with Crippen LogP contribution in [0.5, 0.6) is 0 Å². The maximum Gasteiger partial charge on any atom is 0.236 e. The van der Waals surface area contributed by atoms with Crippen LogP contribution in [0, 0.1) is 17.1 Å². The first-order chi connectivity index (χ1) is 9.10. The van der Waals surface area contributed by atoms with Gasteiger partial charge in [0.05, 0.1) is 11.6 Å². The molecule has 5 nitrogen and oxygen atoms in total. The average Bonchev–Trinajstić information content (AvgIpc) is 2.38. The van der Waals surface area contributed by atoms with Crippen LogP contribution in [0.2, 0.25) is 0 Å². The van der Waals surface area contributed by atoms with Gasteiger partial charge in [-0.1, -0.05) is 0 Å². The summed E-state index contributed by atoms with van der Waals surface area (Å²) in [5.41, 5.74) is 6.30. The highest BCUT2D eigenvalue weighted by atomic mass is 19.1. The van der Waals surface area contributed by atoms with Gasteiger partial charge in [-0.15, -0.1) is 0 Å². The van der Waals surface area contributed by atoms with Crippen LogP contribution in [-0.2, 0) is 11.3 Å². The van der Waals surface area contributed by atoms with E-state index >= 15 is 0 Å². The Morgan fingerprint density at radius 3 is 3.05 bits per heavy atom. The maximum absolute atomic E-state index is 13.4. The van der Waals surface area contributed by atoms with Crippen LogP contribution in [0.4, 0.5) is 4.39 Å². The molecule has 1 aromatic carbocycles. The number of piperazine rings is 1. The fourth-order valence-corrected chi connectivity index (χ4v) is 2.26. The molecule has 0 aliphatic carbocycles. The Bertz CT molecular complexity index is 526. The van der Waals surface area contributed by atoms with Gasteiger partial charge in [0.1, 0.15) is 11.9 Å². The average molecular weight is 262 g/mol. The molecule has 1 aliphatic rings. The van der Waals surface area contributed by atoms with E-state index in [0.29, 0.717) is 25.2 Å². The Morgan fingerprint density at radius 1 is 1.58 bits per heavy atom. The molecule has 1 unspecified atom stereocenters. The van der Waals surface area contributed by atoms with Gasteiger partial charge >= 0.3 is 0 Å². The molecule has 100 valence electrons. The van der Waals surface area contributed by atoms with Crippen LogP contribution < -0.4 is 11.1 Å². The van der Waals surface area contributed by atoms with E-state index in [0.717, 1.165) is 6.54 Å². The summed E-state index contributed by atoms with van der Waals surface area (Å²) in [6.45, 7) is 2.31. The van der Waals surface area contributed by atoms with Gasteiger partial charge in [-0.3, -0.25) is 9.69 Å². The first kappa shape index (κ1) is 13.5. The van der Waals surface area contributed by atoms with E-state index in [-0.39, 0.29) is 5.56 Å². The van der Waals surface area contributed by atoms with Crippen molar-refractivity contribution in [2.24, 2.45) is 5.73 Å². The number of carbonyl (C=O) groups is 1. The zero-order chi connectivity index (χ0) is 13.8. The lowest BCUT2D eigenvalue weighted by molar-refractivity contribution is -0.124. The zero-order valence-corrected chi connectivity index (χ0v) is 10.4. The van der Waals surface area contributed by atoms with E-state index in [9.17, 15) is 9.18 Å². The summed E-state index contributed by atoms with van der Waals surface area (Å²) in [5, 5.41) is 11.9. The van der Waals surface area contributed by atoms with E-state index in [1.807, 2.05) is 11.0 Å². The Balaban J connectivity index is 2.17. The molecule has 1 aliphatic heterocycles. The Kier molecular flexibility index (Phi) is 4.10. The van der Waals surface area contributed by atoms with Crippen LogP contribution in [0.15, 0.2) is 18.2 Å². The van der Waals surface area contributed by atoms with Crippen LogP contribution in [0.1, 0.15) is 11.1 Å². The van der Waals surface area contributed by atoms with E-state index in [1.54, 1.807) is 6.07 Å². The minimum Gasteiger partial charge on any atom is -0.368 e. The van der Waals surface area contributed by atoms with Crippen molar-refractivity contribution in [1.82, 2.24) is 10.2 Å². The topological polar surface area (TPSA) is 82.2 Å². The monoisotopic (exact) mass is 262 g/mol. The Labute approximate surface area is 110 Å². The third-order valence-electron chi connectivity index (χ3n) is 3.16. The predicted molar refractivity (Wildman–Crippen MR) is 67.4 cm³/mol. The maximum atomic E-state index is 13.4. The Morgan fingerprint density at radius 2 is 2.37 bits per heavy atom. The lowest BCUT2D eigenvalue weighted by Crippen LogP contribution is -2.56. The van der Waals surface area contributed by atoms with Crippen LogP contribution in [0.25, 0.3) is 0 Å². The molecule has 1 amide bonds. The molecule has 6 heteroatoms. The number of carbonyl (C=O) groups excluding carboxylic acids is 1. The number of nitriles is 1. The molecule has 0 aromatic heterocycles. The lowest BCUT2D eigenvalue weighted by Gasteiger charge is -2.34. The first-order valence-electron chi connectivity index (χ1n) is 6.04. The molecule has 1 fully saturated rings. The summed E-state index contributed by atoms with van der Waals surface area (Å²) in [6, 6.07) is 5.71. The van der Waals surface area contributed by atoms with Gasteiger partial charge < -0.3 is 11.1 Å². The fraction of sp³-hybridized carbons (Fsp3) is 0.385. The van der Waals surface area contributed by atoms with Crippen molar-refractivity contribution < 1.29 is 9.18 Å². The number of nitrogens with one attached hydrogen (secondary N) is 1. The molecule has 1 saturated heterocycles. The van der Waals surface area contributed by atoms with Gasteiger partial charge in [-0.25, -0.2) is 4.39 Å². The normalized spacial score (nSPS) is 19.9. The molecule has 0 saturated carbocycles. The standard InChI is InChI=1S/C13H15FN4O/c14-11-4-9(6-15)3-10(5-11)8-18-2-1-17-7-12(18)13(16)19/h3-5,12,17H,1-2,7-8H2,(H2,16,19). The second kappa shape index (κ2) is 5.78. The number of rotatable bonds is 3. The minimum absolute atomic E-state index is 0.278. The highest BCUT2D eigenvalue weighted by Gasteiger charge is 2.26. The van der Waals surface area contributed by atoms with E-state index in [1.165, 1.54) is 12.1 Å². The third-order valence-corrected chi connectivity index (χ3v) is 3.16. The number of amides is 1. The summed E-state index contributed by atoms with van der Waals surface area (Å²) < 4.78 is 13.4. The smallest absolute Gasteiger partial charge is 0.236 e. The molecule has 0 radical (unpaired) electrons. The van der Waals surface area contributed by atoms with Crippen LogP contribution >= 0.6 is 0 Å². The van der Waals surface area contributed by atoms with Crippen LogP contribution in [-0.4, -0.2) is 36.5 Å². The van der Waals surface area contributed by atoms with Crippen molar-refractivity contribution in [3.63, 3.8) is 0 Å². The number of hydrogen-bond acceptors (Lipinski definition) is 4. The minimum atomic E-state index is -0.445. The van der Waals surface area contributed by atoms with E-state index < -0.39 is 17.8 Å². The molecule has 1 atom stereocenters. The largest absolute Gasteiger partial charge is 0.368 e. The van der Waals surface area contributed by atoms with Gasteiger partial charge in [0.25, 0.3) is 0 Å². The molecule has 1 heterocycles. The van der Waals surface area contributed by atoms with Gasteiger partial charge in [-0.2, -0.15) is 5.26 Å². The summed E-state index contributed by atoms with van der Waals surface area (Å²) in [6.07, 6.45) is 0. The molecule has 3 N–H and O–H groups in total. The van der Waals surface area contributed by atoms with Crippen LogP contribution in [0.3, 0.4) is 0 Å². The Hall–Kier alpha value is -1.97. The van der Waals surface area contributed by atoms with Crippen molar-refractivity contribution in [3.8, 4) is 6.07 Å². The summed E-state index contributed by atoms with van der Waals surface area (Å²) in [5.74, 6) is -0.844. The number of halogens is 1. The SMILES string of the molecule is N#Cc1cc(F)cc(CN2CCNCC2C(N)=O)c1. The van der Waals surface area contributed by atoms with Crippen molar-refractivity contribution >= 4 is 5.91 Å². The predicted octanol–water partition coefficient (Wildman–Crippen LogP) is -0.0435. The quantitative estimate of drug-likeness (QED) is 0.800. The highest BCUT2D eigenvalue weighted by molar-refractivity contribution is 5.80.